The molecule has 3 N–H and O–H groups in total. The Balaban J connectivity index is 1.55. The van der Waals surface area contributed by atoms with Crippen molar-refractivity contribution in [2.24, 2.45) is 11.8 Å². The van der Waals surface area contributed by atoms with Crippen LogP contribution in [0.1, 0.15) is 36.2 Å². The predicted octanol–water partition coefficient (Wildman–Crippen LogP) is 2.81. The van der Waals surface area contributed by atoms with Crippen molar-refractivity contribution in [1.82, 2.24) is 19.9 Å². The lowest BCUT2D eigenvalue weighted by Gasteiger charge is -2.10. The third-order valence-corrected chi connectivity index (χ3v) is 5.59. The molecule has 3 aliphatic rings. The molecule has 0 bridgehead atoms. The van der Waals surface area contributed by atoms with Gasteiger partial charge >= 0.3 is 6.18 Å². The van der Waals surface area contributed by atoms with E-state index in [1.54, 1.807) is 0 Å². The number of aromatic nitrogens is 3. The normalized spacial score (nSPS) is 28.2. The zero-order chi connectivity index (χ0) is 17.3. The summed E-state index contributed by atoms with van der Waals surface area (Å²) >= 11 is 0. The fraction of sp³-hybridized carbons (Fsp3) is 0.529. The van der Waals surface area contributed by atoms with E-state index in [9.17, 15) is 13.2 Å². The van der Waals surface area contributed by atoms with Crippen LogP contribution < -0.4 is 11.1 Å². The largest absolute Gasteiger partial charge is 0.419 e. The van der Waals surface area contributed by atoms with Crippen molar-refractivity contribution in [2.45, 2.75) is 31.0 Å². The number of nitrogen functional groups attached to an aromatic ring is 1. The molecule has 2 aliphatic carbocycles. The lowest BCUT2D eigenvalue weighted by atomic mass is 10.1. The maximum absolute atomic E-state index is 13.1. The highest BCUT2D eigenvalue weighted by atomic mass is 19.4. The maximum Gasteiger partial charge on any atom is 0.419 e. The van der Waals surface area contributed by atoms with Crippen LogP contribution in [0.15, 0.2) is 18.5 Å². The quantitative estimate of drug-likeness (QED) is 0.894. The third-order valence-electron chi connectivity index (χ3n) is 5.59. The first kappa shape index (κ1) is 15.2. The maximum atomic E-state index is 13.1. The van der Waals surface area contributed by atoms with Gasteiger partial charge in [-0.25, -0.2) is 9.97 Å². The minimum absolute atomic E-state index is 0.367. The molecule has 3 fully saturated rings. The SMILES string of the molecule is Nc1ncc(-c2cn([C@H]3[C@@H]4CNC[C@@H]43)c(C3CC3)n2)cc1C(F)(F)F. The van der Waals surface area contributed by atoms with Crippen LogP contribution in [0, 0.1) is 11.8 Å². The average Bonchev–Trinajstić information content (AvgIpc) is 3.43. The van der Waals surface area contributed by atoms with Gasteiger partial charge in [0.05, 0.1) is 11.3 Å². The Morgan fingerprint density at radius 3 is 2.56 bits per heavy atom. The summed E-state index contributed by atoms with van der Waals surface area (Å²) in [5, 5.41) is 3.37. The number of alkyl halides is 3. The molecule has 0 radical (unpaired) electrons. The van der Waals surface area contributed by atoms with E-state index >= 15 is 0 Å². The van der Waals surface area contributed by atoms with E-state index in [-0.39, 0.29) is 0 Å². The van der Waals surface area contributed by atoms with Crippen LogP contribution in [-0.4, -0.2) is 27.6 Å². The number of imidazole rings is 1. The van der Waals surface area contributed by atoms with Crippen molar-refractivity contribution < 1.29 is 13.2 Å². The van der Waals surface area contributed by atoms with Crippen LogP contribution in [0.3, 0.4) is 0 Å². The second kappa shape index (κ2) is 4.97. The van der Waals surface area contributed by atoms with Gasteiger partial charge in [-0.15, -0.1) is 0 Å². The number of hydrogen-bond acceptors (Lipinski definition) is 4. The van der Waals surface area contributed by atoms with E-state index < -0.39 is 17.6 Å². The second-order valence-electron chi connectivity index (χ2n) is 7.30. The molecule has 1 aliphatic heterocycles. The number of rotatable bonds is 3. The summed E-state index contributed by atoms with van der Waals surface area (Å²) in [6.45, 7) is 2.02. The van der Waals surface area contributed by atoms with E-state index in [1.165, 1.54) is 6.20 Å². The van der Waals surface area contributed by atoms with Crippen LogP contribution in [0.5, 0.6) is 0 Å². The second-order valence-corrected chi connectivity index (χ2v) is 7.30. The predicted molar refractivity (Wildman–Crippen MR) is 85.7 cm³/mol. The van der Waals surface area contributed by atoms with Crippen molar-refractivity contribution in [2.75, 3.05) is 18.8 Å². The van der Waals surface area contributed by atoms with Gasteiger partial charge in [-0.3, -0.25) is 0 Å². The monoisotopic (exact) mass is 349 g/mol. The zero-order valence-corrected chi connectivity index (χ0v) is 13.4. The average molecular weight is 349 g/mol. The van der Waals surface area contributed by atoms with Gasteiger partial charge in [0.1, 0.15) is 11.6 Å². The fourth-order valence-corrected chi connectivity index (χ4v) is 4.07. The summed E-state index contributed by atoms with van der Waals surface area (Å²) in [6.07, 6.45) is 0.969. The lowest BCUT2D eigenvalue weighted by Crippen LogP contribution is -2.17. The van der Waals surface area contributed by atoms with E-state index in [2.05, 4.69) is 19.9 Å². The molecular weight excluding hydrogens is 331 g/mol. The molecule has 3 heterocycles. The van der Waals surface area contributed by atoms with Crippen LogP contribution in [0.4, 0.5) is 19.0 Å². The van der Waals surface area contributed by atoms with E-state index in [0.717, 1.165) is 37.8 Å². The van der Waals surface area contributed by atoms with E-state index in [4.69, 9.17) is 5.73 Å². The number of nitrogens with zero attached hydrogens (tertiary/aromatic N) is 3. The molecular formula is C17H18F3N5. The first-order valence-electron chi connectivity index (χ1n) is 8.56. The zero-order valence-electron chi connectivity index (χ0n) is 13.4. The number of fused-ring (bicyclic) bond motifs is 1. The topological polar surface area (TPSA) is 68.8 Å². The molecule has 0 spiro atoms. The van der Waals surface area contributed by atoms with Crippen molar-refractivity contribution in [1.29, 1.82) is 0 Å². The first-order chi connectivity index (χ1) is 11.9. The minimum Gasteiger partial charge on any atom is -0.383 e. The molecule has 0 aromatic carbocycles. The highest BCUT2D eigenvalue weighted by Gasteiger charge is 2.55. The standard InChI is InChI=1S/C17H18F3N5/c18-17(19,20)12-3-9(4-23-15(12)21)13-7-25(16(24-13)8-1-2-8)14-10-5-22-6-11(10)14/h3-4,7-8,10-11,14,22H,1-2,5-6H2,(H2,21,23)/t10-,11+,14+. The van der Waals surface area contributed by atoms with Crippen molar-refractivity contribution in [3.8, 4) is 11.3 Å². The number of anilines is 1. The molecule has 0 amide bonds. The van der Waals surface area contributed by atoms with E-state index in [0.29, 0.717) is 35.1 Å². The molecule has 2 saturated carbocycles. The summed E-state index contributed by atoms with van der Waals surface area (Å²) in [7, 11) is 0. The van der Waals surface area contributed by atoms with Crippen molar-refractivity contribution in [3.05, 3.63) is 29.8 Å². The Labute approximate surface area is 142 Å². The summed E-state index contributed by atoms with van der Waals surface area (Å²) in [5.41, 5.74) is 5.42. The highest BCUT2D eigenvalue weighted by molar-refractivity contribution is 5.62. The summed E-state index contributed by atoms with van der Waals surface area (Å²) in [4.78, 5) is 8.42. The molecule has 2 aromatic heterocycles. The van der Waals surface area contributed by atoms with Crippen LogP contribution >= 0.6 is 0 Å². The van der Waals surface area contributed by atoms with Gasteiger partial charge in [-0.1, -0.05) is 0 Å². The van der Waals surface area contributed by atoms with Crippen LogP contribution in [0.25, 0.3) is 11.3 Å². The Morgan fingerprint density at radius 1 is 1.20 bits per heavy atom. The highest BCUT2D eigenvalue weighted by Crippen LogP contribution is 2.55. The Bertz CT molecular complexity index is 829. The van der Waals surface area contributed by atoms with Crippen LogP contribution in [0.2, 0.25) is 0 Å². The third kappa shape index (κ3) is 2.42. The van der Waals surface area contributed by atoms with Gasteiger partial charge in [0, 0.05) is 43.0 Å². The molecule has 1 saturated heterocycles. The summed E-state index contributed by atoms with van der Waals surface area (Å²) in [6, 6.07) is 1.49. The number of nitrogens with one attached hydrogen (secondary N) is 1. The molecule has 2 aromatic rings. The lowest BCUT2D eigenvalue weighted by molar-refractivity contribution is -0.137. The molecule has 0 unspecified atom stereocenters. The number of halogens is 3. The summed E-state index contributed by atoms with van der Waals surface area (Å²) in [5.74, 6) is 2.19. The molecule has 25 heavy (non-hydrogen) atoms. The van der Waals surface area contributed by atoms with Gasteiger partial charge in [0.2, 0.25) is 0 Å². The van der Waals surface area contributed by atoms with Crippen LogP contribution in [-0.2, 0) is 6.18 Å². The van der Waals surface area contributed by atoms with Gasteiger partial charge in [-0.2, -0.15) is 13.2 Å². The molecule has 132 valence electrons. The van der Waals surface area contributed by atoms with Crippen molar-refractivity contribution in [3.63, 3.8) is 0 Å². The smallest absolute Gasteiger partial charge is 0.383 e. The fourth-order valence-electron chi connectivity index (χ4n) is 4.07. The Hall–Kier alpha value is -2.09. The van der Waals surface area contributed by atoms with Crippen molar-refractivity contribution >= 4 is 5.82 Å². The van der Waals surface area contributed by atoms with Gasteiger partial charge in [0.15, 0.2) is 0 Å². The first-order valence-corrected chi connectivity index (χ1v) is 8.56. The van der Waals surface area contributed by atoms with Gasteiger partial charge in [-0.05, 0) is 30.7 Å². The van der Waals surface area contributed by atoms with Gasteiger partial charge in [0.25, 0.3) is 0 Å². The molecule has 8 heteroatoms. The van der Waals surface area contributed by atoms with Gasteiger partial charge < -0.3 is 15.6 Å². The number of nitrogens with two attached hydrogens (primary N) is 1. The summed E-state index contributed by atoms with van der Waals surface area (Å²) < 4.78 is 41.5. The number of piperidine rings is 1. The molecule has 5 nitrogen and oxygen atoms in total. The molecule has 3 atom stereocenters. The minimum atomic E-state index is -4.52. The van der Waals surface area contributed by atoms with E-state index in [1.807, 2.05) is 6.20 Å². The molecule has 5 rings (SSSR count). The Morgan fingerprint density at radius 2 is 1.92 bits per heavy atom. The number of pyridine rings is 1. The number of hydrogen-bond donors (Lipinski definition) is 2. The Kier molecular flexibility index (Phi) is 3.02.